The van der Waals surface area contributed by atoms with Gasteiger partial charge < -0.3 is 19.9 Å². The molecule has 146 valence electrons. The number of halogens is 1. The average molecular weight is 400 g/mol. The largest absolute Gasteiger partial charge is 0.490 e. The monoisotopic (exact) mass is 399 g/mol. The average Bonchev–Trinajstić information content (AvgIpc) is 3.22. The Labute approximate surface area is 167 Å². The molecule has 0 aromatic heterocycles. The molecule has 4 N–H and O–H groups in total. The first kappa shape index (κ1) is 18.5. The Morgan fingerprint density at radius 3 is 2.71 bits per heavy atom. The van der Waals surface area contributed by atoms with Gasteiger partial charge in [-0.15, -0.1) is 0 Å². The molecule has 28 heavy (non-hydrogen) atoms. The van der Waals surface area contributed by atoms with Crippen LogP contribution in [0.3, 0.4) is 0 Å². The highest BCUT2D eigenvalue weighted by Crippen LogP contribution is 2.43. The summed E-state index contributed by atoms with van der Waals surface area (Å²) in [5, 5.41) is 21.6. The lowest BCUT2D eigenvalue weighted by molar-refractivity contribution is 0.225. The van der Waals surface area contributed by atoms with E-state index in [-0.39, 0.29) is 6.61 Å². The van der Waals surface area contributed by atoms with Crippen molar-refractivity contribution in [3.63, 3.8) is 0 Å². The molecule has 0 bridgehead atoms. The second-order valence-corrected chi connectivity index (χ2v) is 6.87. The van der Waals surface area contributed by atoms with Gasteiger partial charge in [0.2, 0.25) is 0 Å². The molecule has 4 rings (SSSR count). The van der Waals surface area contributed by atoms with E-state index in [1.807, 2.05) is 43.3 Å². The molecule has 0 spiro atoms. The van der Waals surface area contributed by atoms with Crippen molar-refractivity contribution < 1.29 is 14.6 Å². The molecule has 2 aromatic carbocycles. The molecule has 6 nitrogen and oxygen atoms in total. The summed E-state index contributed by atoms with van der Waals surface area (Å²) in [6.45, 7) is 3.02. The van der Waals surface area contributed by atoms with E-state index in [4.69, 9.17) is 26.2 Å². The summed E-state index contributed by atoms with van der Waals surface area (Å²) >= 11 is 6.08. The van der Waals surface area contributed by atoms with E-state index in [0.29, 0.717) is 36.2 Å². The number of aliphatic hydroxyl groups is 1. The Morgan fingerprint density at radius 2 is 1.93 bits per heavy atom. The van der Waals surface area contributed by atoms with Crippen LogP contribution in [0, 0.1) is 0 Å². The zero-order chi connectivity index (χ0) is 19.5. The lowest BCUT2D eigenvalue weighted by Crippen LogP contribution is -2.02. The number of H-pyrrole nitrogens is 2. The number of hydrogen-bond donors (Lipinski definition) is 4. The minimum Gasteiger partial charge on any atom is -0.490 e. The number of anilines is 2. The van der Waals surface area contributed by atoms with Gasteiger partial charge >= 0.3 is 0 Å². The molecule has 1 aliphatic carbocycles. The summed E-state index contributed by atoms with van der Waals surface area (Å²) < 4.78 is 11.6. The molecule has 0 radical (unpaired) electrons. The summed E-state index contributed by atoms with van der Waals surface area (Å²) in [6.07, 6.45) is 0.573. The van der Waals surface area contributed by atoms with Crippen molar-refractivity contribution in [3.05, 3.63) is 47.5 Å². The normalized spacial score (nSPS) is 11.2. The molecule has 0 atom stereocenters. The van der Waals surface area contributed by atoms with Crippen LogP contribution in [0.15, 0.2) is 42.5 Å². The van der Waals surface area contributed by atoms with Crippen LogP contribution in [-0.2, 0) is 0 Å². The molecule has 0 amide bonds. The standard InChI is InChI=1S/C21H22ClN3O3/c1-2-27-18-10-13-9-17-20(16(13)12-19(18)28-8-4-7-26)24-25-21(17)23-15-6-3-5-14(22)11-15/h3,5-6,9-12,23-26H,2,4,7-8H2,1H3. The van der Waals surface area contributed by atoms with Crippen molar-refractivity contribution in [3.8, 4) is 22.8 Å². The van der Waals surface area contributed by atoms with Crippen LogP contribution in [0.5, 0.6) is 11.5 Å². The fraction of sp³-hybridized carbons (Fsp3) is 0.238. The number of rotatable bonds is 8. The van der Waals surface area contributed by atoms with Gasteiger partial charge in [-0.3, -0.25) is 10.2 Å². The van der Waals surface area contributed by atoms with E-state index < -0.39 is 0 Å². The second kappa shape index (κ2) is 8.04. The third kappa shape index (κ3) is 3.61. The first-order valence-corrected chi connectivity index (χ1v) is 9.63. The summed E-state index contributed by atoms with van der Waals surface area (Å²) in [7, 11) is 0. The van der Waals surface area contributed by atoms with Gasteiger partial charge in [0.1, 0.15) is 5.82 Å². The number of aliphatic hydroxyl groups excluding tert-OH is 1. The number of ether oxygens (including phenoxy) is 2. The quantitative estimate of drug-likeness (QED) is 0.308. The Hall–Kier alpha value is -2.83. The molecular weight excluding hydrogens is 378 g/mol. The maximum atomic E-state index is 9.00. The van der Waals surface area contributed by atoms with Crippen LogP contribution in [0.25, 0.3) is 22.0 Å². The van der Waals surface area contributed by atoms with Gasteiger partial charge in [-0.2, -0.15) is 0 Å². The Bertz CT molecular complexity index is 1060. The van der Waals surface area contributed by atoms with Crippen LogP contribution in [-0.4, -0.2) is 35.1 Å². The third-order valence-corrected chi connectivity index (χ3v) is 4.73. The topological polar surface area (TPSA) is 82.3 Å². The summed E-state index contributed by atoms with van der Waals surface area (Å²) in [5.74, 6) is 2.23. The zero-order valence-corrected chi connectivity index (χ0v) is 16.3. The van der Waals surface area contributed by atoms with Gasteiger partial charge in [-0.25, -0.2) is 0 Å². The van der Waals surface area contributed by atoms with E-state index in [2.05, 4.69) is 21.6 Å². The van der Waals surface area contributed by atoms with Gasteiger partial charge in [0, 0.05) is 34.7 Å². The van der Waals surface area contributed by atoms with Gasteiger partial charge in [0.25, 0.3) is 0 Å². The molecule has 0 saturated carbocycles. The summed E-state index contributed by atoms with van der Waals surface area (Å²) in [5.41, 5.74) is 2.91. The number of hydrogen-bond acceptors (Lipinski definition) is 4. The highest BCUT2D eigenvalue weighted by molar-refractivity contribution is 6.30. The van der Waals surface area contributed by atoms with E-state index in [9.17, 15) is 0 Å². The first-order valence-electron chi connectivity index (χ1n) is 9.25. The van der Waals surface area contributed by atoms with Gasteiger partial charge in [-0.1, -0.05) is 17.7 Å². The molecule has 1 heterocycles. The smallest absolute Gasteiger partial charge is 0.161 e. The molecular formula is C21H22ClN3O3. The Morgan fingerprint density at radius 1 is 1.07 bits per heavy atom. The third-order valence-electron chi connectivity index (χ3n) is 4.49. The molecule has 1 aliphatic heterocycles. The molecule has 2 aliphatic rings. The van der Waals surface area contributed by atoms with Crippen LogP contribution >= 0.6 is 11.6 Å². The molecule has 0 fully saturated rings. The van der Waals surface area contributed by atoms with Crippen molar-refractivity contribution in [2.45, 2.75) is 13.3 Å². The van der Waals surface area contributed by atoms with Crippen molar-refractivity contribution >= 4 is 33.9 Å². The molecule has 0 saturated heterocycles. The molecule has 7 heteroatoms. The highest BCUT2D eigenvalue weighted by Gasteiger charge is 2.20. The predicted molar refractivity (Wildman–Crippen MR) is 112 cm³/mol. The molecule has 0 unspecified atom stereocenters. The molecule has 2 aromatic rings. The van der Waals surface area contributed by atoms with Crippen LogP contribution < -0.4 is 14.8 Å². The number of fused-ring (bicyclic) bond motifs is 3. The van der Waals surface area contributed by atoms with E-state index in [1.54, 1.807) is 0 Å². The minimum atomic E-state index is 0.0942. The maximum Gasteiger partial charge on any atom is 0.161 e. The minimum absolute atomic E-state index is 0.0942. The second-order valence-electron chi connectivity index (χ2n) is 6.44. The fourth-order valence-corrected chi connectivity index (χ4v) is 3.44. The lowest BCUT2D eigenvalue weighted by atomic mass is 10.2. The Balaban J connectivity index is 1.70. The number of aromatic nitrogens is 2. The zero-order valence-electron chi connectivity index (χ0n) is 15.5. The van der Waals surface area contributed by atoms with E-state index in [0.717, 1.165) is 33.5 Å². The van der Waals surface area contributed by atoms with E-state index >= 15 is 0 Å². The first-order chi connectivity index (χ1) is 13.7. The number of nitrogens with one attached hydrogen (secondary N) is 3. The van der Waals surface area contributed by atoms with Gasteiger partial charge in [0.15, 0.2) is 11.5 Å². The number of benzene rings is 2. The number of aromatic amines is 2. The van der Waals surface area contributed by atoms with Crippen LogP contribution in [0.1, 0.15) is 13.3 Å². The maximum absolute atomic E-state index is 9.00. The summed E-state index contributed by atoms with van der Waals surface area (Å²) in [6, 6.07) is 13.6. The van der Waals surface area contributed by atoms with Crippen molar-refractivity contribution in [2.75, 3.05) is 25.1 Å². The van der Waals surface area contributed by atoms with Crippen molar-refractivity contribution in [1.82, 2.24) is 10.2 Å². The summed E-state index contributed by atoms with van der Waals surface area (Å²) in [4.78, 5) is 0. The van der Waals surface area contributed by atoms with Gasteiger partial charge in [-0.05, 0) is 48.7 Å². The van der Waals surface area contributed by atoms with Crippen LogP contribution in [0.2, 0.25) is 5.02 Å². The SMILES string of the molecule is CCOc1cc2cc3c(Nc4cccc(Cl)c4)[nH][nH]c-3c2cc1OCCCO. The lowest BCUT2D eigenvalue weighted by Gasteiger charge is -2.12. The van der Waals surface area contributed by atoms with Crippen molar-refractivity contribution in [2.24, 2.45) is 0 Å². The van der Waals surface area contributed by atoms with Gasteiger partial charge in [0.05, 0.1) is 18.9 Å². The van der Waals surface area contributed by atoms with Crippen molar-refractivity contribution in [1.29, 1.82) is 0 Å². The van der Waals surface area contributed by atoms with E-state index in [1.165, 1.54) is 0 Å². The van der Waals surface area contributed by atoms with Crippen LogP contribution in [0.4, 0.5) is 11.5 Å². The predicted octanol–water partition coefficient (Wildman–Crippen LogP) is 5.16. The Kier molecular flexibility index (Phi) is 5.32. The highest BCUT2D eigenvalue weighted by atomic mass is 35.5. The fourth-order valence-electron chi connectivity index (χ4n) is 3.25.